The maximum atomic E-state index is 9.95. The SMILES string of the molecule is NC(CC[Se])C(=O)O. The van der Waals surface area contributed by atoms with Gasteiger partial charge in [0.15, 0.2) is 0 Å². The van der Waals surface area contributed by atoms with E-state index in [1.54, 1.807) is 0 Å². The molecule has 0 rings (SSSR count). The average Bonchev–Trinajstić information content (AvgIpc) is 1.67. The zero-order chi connectivity index (χ0) is 6.57. The van der Waals surface area contributed by atoms with Crippen LogP contribution in [0.2, 0.25) is 5.32 Å². The van der Waals surface area contributed by atoms with Gasteiger partial charge in [-0.2, -0.15) is 0 Å². The number of carboxylic acid groups (broad SMARTS) is 1. The number of rotatable bonds is 3. The van der Waals surface area contributed by atoms with Crippen LogP contribution < -0.4 is 5.73 Å². The van der Waals surface area contributed by atoms with Gasteiger partial charge < -0.3 is 0 Å². The molecule has 1 radical (unpaired) electrons. The van der Waals surface area contributed by atoms with Crippen LogP contribution in [0.1, 0.15) is 6.42 Å². The molecule has 0 aromatic heterocycles. The van der Waals surface area contributed by atoms with Crippen LogP contribution in [0, 0.1) is 0 Å². The standard InChI is InChI=1S/C4H8NO2Se/c5-3(1-2-8)4(6)7/h3H,1-2,5H2,(H,6,7). The second-order valence-corrected chi connectivity index (χ2v) is 2.29. The predicted molar refractivity (Wildman–Crippen MR) is 30.8 cm³/mol. The summed E-state index contributed by atoms with van der Waals surface area (Å²) in [6.45, 7) is 0. The zero-order valence-corrected chi connectivity index (χ0v) is 6.05. The summed E-state index contributed by atoms with van der Waals surface area (Å²) in [4.78, 5) is 9.95. The van der Waals surface area contributed by atoms with Crippen molar-refractivity contribution in [2.75, 3.05) is 0 Å². The van der Waals surface area contributed by atoms with E-state index in [9.17, 15) is 4.79 Å². The van der Waals surface area contributed by atoms with Crippen molar-refractivity contribution >= 4 is 22.0 Å². The Morgan fingerprint density at radius 2 is 2.38 bits per heavy atom. The molecule has 0 amide bonds. The van der Waals surface area contributed by atoms with E-state index in [0.717, 1.165) is 0 Å². The van der Waals surface area contributed by atoms with E-state index in [-0.39, 0.29) is 0 Å². The van der Waals surface area contributed by atoms with E-state index in [1.165, 1.54) is 0 Å². The molecular weight excluding hydrogens is 173 g/mol. The van der Waals surface area contributed by atoms with Crippen molar-refractivity contribution in [1.82, 2.24) is 0 Å². The number of nitrogens with two attached hydrogens (primary N) is 1. The van der Waals surface area contributed by atoms with Gasteiger partial charge in [-0.1, -0.05) is 0 Å². The minimum absolute atomic E-state index is 0.509. The van der Waals surface area contributed by atoms with Crippen LogP contribution in [0.5, 0.6) is 0 Å². The summed E-state index contributed by atoms with van der Waals surface area (Å²) in [5.41, 5.74) is 5.11. The first-order valence-corrected chi connectivity index (χ1v) is 3.46. The van der Waals surface area contributed by atoms with Crippen LogP contribution in [0.4, 0.5) is 0 Å². The van der Waals surface area contributed by atoms with E-state index in [0.29, 0.717) is 11.7 Å². The van der Waals surface area contributed by atoms with Crippen molar-refractivity contribution < 1.29 is 9.90 Å². The van der Waals surface area contributed by atoms with Crippen molar-refractivity contribution in [2.24, 2.45) is 5.73 Å². The Morgan fingerprint density at radius 1 is 1.88 bits per heavy atom. The van der Waals surface area contributed by atoms with E-state index in [1.807, 2.05) is 0 Å². The van der Waals surface area contributed by atoms with Crippen LogP contribution in [0.25, 0.3) is 0 Å². The Hall–Kier alpha value is -0.0505. The molecule has 0 bridgehead atoms. The molecule has 0 aromatic carbocycles. The Labute approximate surface area is 56.1 Å². The molecule has 0 aliphatic heterocycles. The molecule has 0 aliphatic carbocycles. The summed E-state index contributed by atoms with van der Waals surface area (Å²) in [5.74, 6) is -0.930. The molecule has 4 heteroatoms. The van der Waals surface area contributed by atoms with Gasteiger partial charge in [0.1, 0.15) is 0 Å². The number of carboxylic acids is 1. The minimum atomic E-state index is -0.930. The normalized spacial score (nSPS) is 13.2. The van der Waals surface area contributed by atoms with Gasteiger partial charge in [-0.3, -0.25) is 0 Å². The number of carbonyl (C=O) groups is 1. The first-order chi connectivity index (χ1) is 3.68. The van der Waals surface area contributed by atoms with Crippen LogP contribution in [0.15, 0.2) is 0 Å². The molecule has 0 heterocycles. The summed E-state index contributed by atoms with van der Waals surface area (Å²) < 4.78 is 0. The van der Waals surface area contributed by atoms with Gasteiger partial charge in [-0.15, -0.1) is 0 Å². The van der Waals surface area contributed by atoms with Crippen LogP contribution in [-0.4, -0.2) is 33.1 Å². The zero-order valence-electron chi connectivity index (χ0n) is 4.33. The van der Waals surface area contributed by atoms with Crippen molar-refractivity contribution in [2.45, 2.75) is 17.8 Å². The van der Waals surface area contributed by atoms with Gasteiger partial charge in [-0.05, 0) is 0 Å². The quantitative estimate of drug-likeness (QED) is 0.570. The molecule has 0 spiro atoms. The Morgan fingerprint density at radius 3 is 2.50 bits per heavy atom. The molecule has 0 saturated carbocycles. The number of hydrogen-bond donors (Lipinski definition) is 2. The third-order valence-electron chi connectivity index (χ3n) is 0.746. The molecule has 0 fully saturated rings. The fraction of sp³-hybridized carbons (Fsp3) is 0.750. The summed E-state index contributed by atoms with van der Waals surface area (Å²) in [6, 6.07) is -0.698. The molecule has 0 aromatic rings. The molecule has 0 saturated heterocycles. The molecule has 3 N–H and O–H groups in total. The second-order valence-electron chi connectivity index (χ2n) is 1.44. The van der Waals surface area contributed by atoms with Gasteiger partial charge in [-0.25, -0.2) is 0 Å². The first kappa shape index (κ1) is 7.95. The van der Waals surface area contributed by atoms with Gasteiger partial charge in [0.05, 0.1) is 0 Å². The van der Waals surface area contributed by atoms with E-state index >= 15 is 0 Å². The molecule has 0 aliphatic rings. The summed E-state index contributed by atoms with van der Waals surface area (Å²) >= 11 is 2.69. The van der Waals surface area contributed by atoms with Crippen LogP contribution in [-0.2, 0) is 4.79 Å². The third-order valence-corrected chi connectivity index (χ3v) is 1.24. The van der Waals surface area contributed by atoms with E-state index in [4.69, 9.17) is 10.8 Å². The fourth-order valence-corrected chi connectivity index (χ4v) is 0.783. The number of aliphatic carboxylic acids is 1. The van der Waals surface area contributed by atoms with Crippen molar-refractivity contribution in [3.05, 3.63) is 0 Å². The summed E-state index contributed by atoms with van der Waals surface area (Å²) in [7, 11) is 0. The van der Waals surface area contributed by atoms with Gasteiger partial charge >= 0.3 is 55.4 Å². The maximum absolute atomic E-state index is 9.95. The predicted octanol–water partition coefficient (Wildman–Crippen LogP) is -0.625. The van der Waals surface area contributed by atoms with Crippen molar-refractivity contribution in [3.8, 4) is 0 Å². The molecule has 1 atom stereocenters. The summed E-state index contributed by atoms with van der Waals surface area (Å²) in [6.07, 6.45) is 0.509. The summed E-state index contributed by atoms with van der Waals surface area (Å²) in [5, 5.41) is 8.88. The molecule has 1 unspecified atom stereocenters. The fourth-order valence-electron chi connectivity index (χ4n) is 0.250. The monoisotopic (exact) mass is 182 g/mol. The van der Waals surface area contributed by atoms with Gasteiger partial charge in [0.25, 0.3) is 0 Å². The van der Waals surface area contributed by atoms with E-state index < -0.39 is 12.0 Å². The third kappa shape index (κ3) is 3.02. The average molecular weight is 181 g/mol. The van der Waals surface area contributed by atoms with Gasteiger partial charge in [0, 0.05) is 0 Å². The Balaban J connectivity index is 3.32. The van der Waals surface area contributed by atoms with Crippen molar-refractivity contribution in [1.29, 1.82) is 0 Å². The molecule has 3 nitrogen and oxygen atoms in total. The van der Waals surface area contributed by atoms with Crippen molar-refractivity contribution in [3.63, 3.8) is 0 Å². The molecule has 8 heavy (non-hydrogen) atoms. The Bertz CT molecular complexity index is 86.1. The topological polar surface area (TPSA) is 63.3 Å². The molecule has 47 valence electrons. The Kier molecular flexibility index (Phi) is 3.87. The first-order valence-electron chi connectivity index (χ1n) is 2.25. The number of hydrogen-bond acceptors (Lipinski definition) is 2. The molecular formula is C4H8NO2Se. The van der Waals surface area contributed by atoms with Crippen LogP contribution >= 0.6 is 0 Å². The van der Waals surface area contributed by atoms with Crippen LogP contribution in [0.3, 0.4) is 0 Å². The second kappa shape index (κ2) is 3.89. The van der Waals surface area contributed by atoms with E-state index in [2.05, 4.69) is 16.0 Å². The van der Waals surface area contributed by atoms with Gasteiger partial charge in [0.2, 0.25) is 0 Å².